The van der Waals surface area contributed by atoms with Crippen molar-refractivity contribution in [1.82, 2.24) is 4.90 Å². The van der Waals surface area contributed by atoms with Gasteiger partial charge in [0.2, 0.25) is 0 Å². The van der Waals surface area contributed by atoms with Gasteiger partial charge in [0, 0.05) is 0 Å². The van der Waals surface area contributed by atoms with Crippen LogP contribution in [0.4, 0.5) is 0 Å². The molecule has 0 amide bonds. The van der Waals surface area contributed by atoms with Crippen molar-refractivity contribution in [3.8, 4) is 0 Å². The van der Waals surface area contributed by atoms with Crippen LogP contribution in [0.15, 0.2) is 0 Å². The Hall–Kier alpha value is 0.310. The van der Waals surface area contributed by atoms with Gasteiger partial charge in [0.1, 0.15) is 0 Å². The fraction of sp³-hybridized carbons (Fsp3) is 1.00. The maximum atomic E-state index is 4.21. The Kier molecular flexibility index (Phi) is 11.6. The summed E-state index contributed by atoms with van der Waals surface area (Å²) in [4.78, 5) is 2.47. The molecule has 0 fully saturated rings. The van der Waals surface area contributed by atoms with Crippen LogP contribution in [-0.2, 0) is 0 Å². The fourth-order valence-electron chi connectivity index (χ4n) is 1.59. The molecule has 2 heteroatoms. The molecule has 0 aliphatic rings. The van der Waals surface area contributed by atoms with Crippen LogP contribution < -0.4 is 0 Å². The predicted molar refractivity (Wildman–Crippen MR) is 69.3 cm³/mol. The lowest BCUT2D eigenvalue weighted by molar-refractivity contribution is 0.316. The van der Waals surface area contributed by atoms with E-state index in [-0.39, 0.29) is 0 Å². The first-order chi connectivity index (χ1) is 6.81. The third-order valence-electron chi connectivity index (χ3n) is 2.59. The molecule has 0 unspecified atom stereocenters. The smallest absolute Gasteiger partial charge is 0.00218 e. The van der Waals surface area contributed by atoms with Crippen LogP contribution in [-0.4, -0.2) is 30.8 Å². The van der Waals surface area contributed by atoms with Gasteiger partial charge in [0.05, 0.1) is 0 Å². The Morgan fingerprint density at radius 2 is 1.43 bits per heavy atom. The quantitative estimate of drug-likeness (QED) is 0.432. The summed E-state index contributed by atoms with van der Waals surface area (Å²) in [6.45, 7) is 4.81. The monoisotopic (exact) mass is 217 g/mol. The van der Waals surface area contributed by atoms with Crippen molar-refractivity contribution in [3.63, 3.8) is 0 Å². The molecule has 0 aliphatic carbocycles. The van der Waals surface area contributed by atoms with E-state index in [1.807, 2.05) is 0 Å². The van der Waals surface area contributed by atoms with Crippen molar-refractivity contribution >= 4 is 12.6 Å². The molecule has 1 nitrogen and oxygen atoms in total. The van der Waals surface area contributed by atoms with Crippen molar-refractivity contribution in [1.29, 1.82) is 0 Å². The van der Waals surface area contributed by atoms with E-state index in [4.69, 9.17) is 0 Å². The molecular weight excluding hydrogens is 190 g/mol. The molecule has 0 saturated heterocycles. The highest BCUT2D eigenvalue weighted by atomic mass is 32.1. The summed E-state index contributed by atoms with van der Waals surface area (Å²) in [5.41, 5.74) is 0. The molecule has 0 aromatic heterocycles. The average Bonchev–Trinajstić information content (AvgIpc) is 2.18. The first kappa shape index (κ1) is 14.3. The topological polar surface area (TPSA) is 3.24 Å². The molecule has 0 heterocycles. The molecule has 0 aliphatic heterocycles. The van der Waals surface area contributed by atoms with Gasteiger partial charge >= 0.3 is 0 Å². The van der Waals surface area contributed by atoms with Gasteiger partial charge in [0.25, 0.3) is 0 Å². The summed E-state index contributed by atoms with van der Waals surface area (Å²) in [6, 6.07) is 0. The molecule has 0 rings (SSSR count). The highest BCUT2D eigenvalue weighted by Crippen LogP contribution is 2.03. The van der Waals surface area contributed by atoms with Crippen LogP contribution in [0.5, 0.6) is 0 Å². The zero-order chi connectivity index (χ0) is 10.6. The summed E-state index contributed by atoms with van der Waals surface area (Å²) in [5, 5.41) is 0. The Bertz CT molecular complexity index is 106. The third-order valence-corrected chi connectivity index (χ3v) is 2.91. The number of rotatable bonds is 10. The van der Waals surface area contributed by atoms with Crippen molar-refractivity contribution in [3.05, 3.63) is 0 Å². The number of unbranched alkanes of at least 4 members (excludes halogenated alkanes) is 5. The van der Waals surface area contributed by atoms with Crippen molar-refractivity contribution in [2.75, 3.05) is 25.9 Å². The van der Waals surface area contributed by atoms with E-state index in [9.17, 15) is 0 Å². The summed E-state index contributed by atoms with van der Waals surface area (Å²) >= 11 is 4.21. The van der Waals surface area contributed by atoms with Crippen LogP contribution >= 0.6 is 12.6 Å². The Balaban J connectivity index is 3.06. The van der Waals surface area contributed by atoms with E-state index in [0.29, 0.717) is 0 Å². The van der Waals surface area contributed by atoms with E-state index < -0.39 is 0 Å². The molecule has 0 saturated carbocycles. The second kappa shape index (κ2) is 11.4. The molecule has 0 radical (unpaired) electrons. The zero-order valence-electron chi connectivity index (χ0n) is 9.97. The van der Waals surface area contributed by atoms with Crippen LogP contribution in [0.3, 0.4) is 0 Å². The normalized spacial score (nSPS) is 11.1. The lowest BCUT2D eigenvalue weighted by Crippen LogP contribution is -2.20. The molecular formula is C12H27NS. The minimum Gasteiger partial charge on any atom is -0.306 e. The SMILES string of the molecule is CCCCCN(C)CCCCCCS. The first-order valence-corrected chi connectivity index (χ1v) is 6.74. The molecule has 0 aromatic carbocycles. The van der Waals surface area contributed by atoms with Crippen molar-refractivity contribution in [2.45, 2.75) is 51.9 Å². The lowest BCUT2D eigenvalue weighted by Gasteiger charge is -2.15. The summed E-state index contributed by atoms with van der Waals surface area (Å²) in [5.74, 6) is 1.05. The minimum atomic E-state index is 1.05. The predicted octanol–water partition coefficient (Wildman–Crippen LogP) is 3.60. The van der Waals surface area contributed by atoms with Gasteiger partial charge in [-0.05, 0) is 45.2 Å². The fourth-order valence-corrected chi connectivity index (χ4v) is 1.81. The molecule has 14 heavy (non-hydrogen) atoms. The third kappa shape index (κ3) is 10.4. The van der Waals surface area contributed by atoms with Crippen LogP contribution in [0.1, 0.15) is 51.9 Å². The van der Waals surface area contributed by atoms with Crippen molar-refractivity contribution in [2.24, 2.45) is 0 Å². The van der Waals surface area contributed by atoms with E-state index in [1.165, 1.54) is 58.0 Å². The van der Waals surface area contributed by atoms with Gasteiger partial charge < -0.3 is 4.90 Å². The van der Waals surface area contributed by atoms with Crippen molar-refractivity contribution < 1.29 is 0 Å². The van der Waals surface area contributed by atoms with Crippen LogP contribution in [0, 0.1) is 0 Å². The summed E-state index contributed by atoms with van der Waals surface area (Å²) < 4.78 is 0. The molecule has 0 bridgehead atoms. The zero-order valence-corrected chi connectivity index (χ0v) is 10.9. The van der Waals surface area contributed by atoms with Crippen LogP contribution in [0.25, 0.3) is 0 Å². The molecule has 0 spiro atoms. The van der Waals surface area contributed by atoms with Gasteiger partial charge in [-0.1, -0.05) is 32.6 Å². The number of hydrogen-bond acceptors (Lipinski definition) is 2. The maximum absolute atomic E-state index is 4.21. The van der Waals surface area contributed by atoms with Crippen LogP contribution in [0.2, 0.25) is 0 Å². The second-order valence-electron chi connectivity index (χ2n) is 4.15. The second-order valence-corrected chi connectivity index (χ2v) is 4.60. The van der Waals surface area contributed by atoms with E-state index in [1.54, 1.807) is 0 Å². The van der Waals surface area contributed by atoms with Gasteiger partial charge in [-0.25, -0.2) is 0 Å². The van der Waals surface area contributed by atoms with Gasteiger partial charge in [-0.3, -0.25) is 0 Å². The molecule has 0 aromatic rings. The minimum absolute atomic E-state index is 1.05. The molecule has 0 N–H and O–H groups in total. The van der Waals surface area contributed by atoms with Gasteiger partial charge in [-0.2, -0.15) is 12.6 Å². The van der Waals surface area contributed by atoms with E-state index >= 15 is 0 Å². The largest absolute Gasteiger partial charge is 0.306 e. The highest BCUT2D eigenvalue weighted by Gasteiger charge is 1.97. The number of thiol groups is 1. The Labute approximate surface area is 95.7 Å². The maximum Gasteiger partial charge on any atom is -0.00218 e. The number of hydrogen-bond donors (Lipinski definition) is 1. The van der Waals surface area contributed by atoms with Gasteiger partial charge in [0.15, 0.2) is 0 Å². The Morgan fingerprint density at radius 1 is 0.857 bits per heavy atom. The summed E-state index contributed by atoms with van der Waals surface area (Å²) in [6.07, 6.45) is 9.44. The van der Waals surface area contributed by atoms with E-state index in [2.05, 4.69) is 31.5 Å². The first-order valence-electron chi connectivity index (χ1n) is 6.10. The molecule has 86 valence electrons. The number of nitrogens with zero attached hydrogens (tertiary/aromatic N) is 1. The standard InChI is InChI=1S/C12H27NS/c1-3-4-7-10-13(2)11-8-5-6-9-12-14/h14H,3-12H2,1-2H3. The lowest BCUT2D eigenvalue weighted by atomic mass is 10.2. The average molecular weight is 217 g/mol. The van der Waals surface area contributed by atoms with Gasteiger partial charge in [-0.15, -0.1) is 0 Å². The van der Waals surface area contributed by atoms with E-state index in [0.717, 1.165) is 5.75 Å². The summed E-state index contributed by atoms with van der Waals surface area (Å²) in [7, 11) is 2.24. The highest BCUT2D eigenvalue weighted by molar-refractivity contribution is 7.80. The molecule has 0 atom stereocenters. The Morgan fingerprint density at radius 3 is 2.00 bits per heavy atom.